The maximum Gasteiger partial charge on any atom is 0.335 e. The summed E-state index contributed by atoms with van der Waals surface area (Å²) in [6, 6.07) is 8.95. The van der Waals surface area contributed by atoms with Gasteiger partial charge < -0.3 is 5.11 Å². The molecule has 1 N–H and O–H groups in total. The van der Waals surface area contributed by atoms with Gasteiger partial charge in [-0.15, -0.1) is 0 Å². The molecular formula is C14H14N2O2. The highest BCUT2D eigenvalue weighted by atomic mass is 16.4. The van der Waals surface area contributed by atoms with E-state index in [9.17, 15) is 4.79 Å². The molecule has 3 rings (SSSR count). The van der Waals surface area contributed by atoms with Crippen molar-refractivity contribution in [2.24, 2.45) is 7.05 Å². The molecule has 1 aromatic carbocycles. The van der Waals surface area contributed by atoms with E-state index in [1.165, 1.54) is 18.5 Å². The van der Waals surface area contributed by atoms with E-state index in [2.05, 4.69) is 11.2 Å². The Morgan fingerprint density at radius 3 is 2.56 bits per heavy atom. The van der Waals surface area contributed by atoms with Gasteiger partial charge in [0.15, 0.2) is 0 Å². The van der Waals surface area contributed by atoms with Crippen LogP contribution < -0.4 is 0 Å². The molecule has 4 nitrogen and oxygen atoms in total. The SMILES string of the molecule is Cn1nc(-c2ccc(C(=O)O)cc2)cc1C1CC1. The smallest absolute Gasteiger partial charge is 0.335 e. The van der Waals surface area contributed by atoms with Gasteiger partial charge in [0, 0.05) is 24.2 Å². The zero-order valence-corrected chi connectivity index (χ0v) is 10.1. The van der Waals surface area contributed by atoms with E-state index in [0.717, 1.165) is 11.3 Å². The van der Waals surface area contributed by atoms with Crippen molar-refractivity contribution < 1.29 is 9.90 Å². The Morgan fingerprint density at radius 2 is 2.00 bits per heavy atom. The maximum absolute atomic E-state index is 10.8. The number of hydrogen-bond acceptors (Lipinski definition) is 2. The van der Waals surface area contributed by atoms with E-state index in [1.807, 2.05) is 23.9 Å². The summed E-state index contributed by atoms with van der Waals surface area (Å²) in [5, 5.41) is 13.3. The first kappa shape index (κ1) is 11.0. The number of carbonyl (C=O) groups is 1. The Hall–Kier alpha value is -2.10. The number of benzene rings is 1. The lowest BCUT2D eigenvalue weighted by Crippen LogP contribution is -1.96. The highest BCUT2D eigenvalue weighted by Gasteiger charge is 2.27. The van der Waals surface area contributed by atoms with Crippen molar-refractivity contribution in [1.82, 2.24) is 9.78 Å². The predicted octanol–water partition coefficient (Wildman–Crippen LogP) is 2.66. The van der Waals surface area contributed by atoms with E-state index in [0.29, 0.717) is 11.5 Å². The summed E-state index contributed by atoms with van der Waals surface area (Å²) in [5.74, 6) is -0.240. The second kappa shape index (κ2) is 3.98. The van der Waals surface area contributed by atoms with Crippen LogP contribution in [0.2, 0.25) is 0 Å². The molecule has 1 aliphatic rings. The maximum atomic E-state index is 10.8. The second-order valence-electron chi connectivity index (χ2n) is 4.73. The number of carboxylic acids is 1. The third kappa shape index (κ3) is 1.90. The monoisotopic (exact) mass is 242 g/mol. The Balaban J connectivity index is 1.94. The van der Waals surface area contributed by atoms with E-state index in [-0.39, 0.29) is 0 Å². The van der Waals surface area contributed by atoms with Gasteiger partial charge in [0.05, 0.1) is 11.3 Å². The molecule has 92 valence electrons. The minimum Gasteiger partial charge on any atom is -0.478 e. The van der Waals surface area contributed by atoms with Crippen LogP contribution in [0.3, 0.4) is 0 Å². The molecule has 0 aliphatic heterocycles. The van der Waals surface area contributed by atoms with Crippen molar-refractivity contribution in [3.8, 4) is 11.3 Å². The van der Waals surface area contributed by atoms with Gasteiger partial charge in [-0.3, -0.25) is 4.68 Å². The largest absolute Gasteiger partial charge is 0.478 e. The molecule has 1 heterocycles. The van der Waals surface area contributed by atoms with Gasteiger partial charge in [-0.05, 0) is 31.0 Å². The van der Waals surface area contributed by atoms with Crippen LogP contribution in [0.15, 0.2) is 30.3 Å². The summed E-state index contributed by atoms with van der Waals surface area (Å²) in [5.41, 5.74) is 3.45. The first-order chi connectivity index (χ1) is 8.65. The van der Waals surface area contributed by atoms with Gasteiger partial charge in [-0.1, -0.05) is 12.1 Å². The standard InChI is InChI=1S/C14H14N2O2/c1-16-13(10-4-5-10)8-12(15-16)9-2-6-11(7-3-9)14(17)18/h2-3,6-8,10H,4-5H2,1H3,(H,17,18). The van der Waals surface area contributed by atoms with E-state index < -0.39 is 5.97 Å². The van der Waals surface area contributed by atoms with Crippen molar-refractivity contribution in [3.05, 3.63) is 41.6 Å². The topological polar surface area (TPSA) is 55.1 Å². The quantitative estimate of drug-likeness (QED) is 0.900. The average Bonchev–Trinajstić information content (AvgIpc) is 3.13. The summed E-state index contributed by atoms with van der Waals surface area (Å²) in [6.45, 7) is 0. The van der Waals surface area contributed by atoms with Gasteiger partial charge in [-0.25, -0.2) is 4.79 Å². The van der Waals surface area contributed by atoms with Crippen LogP contribution in [0.5, 0.6) is 0 Å². The Morgan fingerprint density at radius 1 is 1.33 bits per heavy atom. The van der Waals surface area contributed by atoms with Crippen molar-refractivity contribution >= 4 is 5.97 Å². The third-order valence-electron chi connectivity index (χ3n) is 3.34. The summed E-state index contributed by atoms with van der Waals surface area (Å²) in [4.78, 5) is 10.8. The molecule has 1 aliphatic carbocycles. The molecule has 0 bridgehead atoms. The van der Waals surface area contributed by atoms with Gasteiger partial charge in [0.25, 0.3) is 0 Å². The van der Waals surface area contributed by atoms with Gasteiger partial charge in [-0.2, -0.15) is 5.10 Å². The van der Waals surface area contributed by atoms with Crippen LogP contribution in [0.25, 0.3) is 11.3 Å². The molecule has 0 amide bonds. The Kier molecular flexibility index (Phi) is 2.44. The molecule has 2 aromatic rings. The van der Waals surface area contributed by atoms with Crippen molar-refractivity contribution in [1.29, 1.82) is 0 Å². The molecular weight excluding hydrogens is 228 g/mol. The number of hydrogen-bond donors (Lipinski definition) is 1. The summed E-state index contributed by atoms with van der Waals surface area (Å²) in [7, 11) is 1.96. The van der Waals surface area contributed by atoms with Crippen LogP contribution >= 0.6 is 0 Å². The van der Waals surface area contributed by atoms with E-state index >= 15 is 0 Å². The molecule has 0 saturated heterocycles. The molecule has 0 spiro atoms. The normalized spacial score (nSPS) is 14.7. The second-order valence-corrected chi connectivity index (χ2v) is 4.73. The minimum absolute atomic E-state index is 0.303. The Bertz CT molecular complexity index is 595. The third-order valence-corrected chi connectivity index (χ3v) is 3.34. The first-order valence-corrected chi connectivity index (χ1v) is 6.03. The molecule has 1 aromatic heterocycles. The lowest BCUT2D eigenvalue weighted by Gasteiger charge is -1.97. The zero-order valence-electron chi connectivity index (χ0n) is 10.1. The highest BCUT2D eigenvalue weighted by Crippen LogP contribution is 2.40. The van der Waals surface area contributed by atoms with Crippen molar-refractivity contribution in [3.63, 3.8) is 0 Å². The lowest BCUT2D eigenvalue weighted by molar-refractivity contribution is 0.0697. The average molecular weight is 242 g/mol. The fraction of sp³-hybridized carbons (Fsp3) is 0.286. The molecule has 1 saturated carbocycles. The van der Waals surface area contributed by atoms with Crippen LogP contribution in [0.4, 0.5) is 0 Å². The molecule has 18 heavy (non-hydrogen) atoms. The lowest BCUT2D eigenvalue weighted by atomic mass is 10.1. The molecule has 1 fully saturated rings. The number of nitrogens with zero attached hydrogens (tertiary/aromatic N) is 2. The fourth-order valence-corrected chi connectivity index (χ4v) is 2.17. The summed E-state index contributed by atoms with van der Waals surface area (Å²) >= 11 is 0. The van der Waals surface area contributed by atoms with Crippen LogP contribution in [-0.2, 0) is 7.05 Å². The first-order valence-electron chi connectivity index (χ1n) is 6.03. The van der Waals surface area contributed by atoms with Crippen molar-refractivity contribution in [2.45, 2.75) is 18.8 Å². The van der Waals surface area contributed by atoms with Gasteiger partial charge in [0.1, 0.15) is 0 Å². The minimum atomic E-state index is -0.902. The van der Waals surface area contributed by atoms with Crippen LogP contribution in [0.1, 0.15) is 34.8 Å². The van der Waals surface area contributed by atoms with E-state index in [4.69, 9.17) is 5.11 Å². The van der Waals surface area contributed by atoms with Crippen LogP contribution in [-0.4, -0.2) is 20.9 Å². The molecule has 0 unspecified atom stereocenters. The highest BCUT2D eigenvalue weighted by molar-refractivity contribution is 5.88. The van der Waals surface area contributed by atoms with Crippen LogP contribution in [0, 0.1) is 0 Å². The van der Waals surface area contributed by atoms with Gasteiger partial charge in [0.2, 0.25) is 0 Å². The van der Waals surface area contributed by atoms with Crippen molar-refractivity contribution in [2.75, 3.05) is 0 Å². The number of aryl methyl sites for hydroxylation is 1. The number of aromatic nitrogens is 2. The molecule has 0 atom stereocenters. The zero-order chi connectivity index (χ0) is 12.7. The number of rotatable bonds is 3. The summed E-state index contributed by atoms with van der Waals surface area (Å²) in [6.07, 6.45) is 2.49. The number of carboxylic acid groups (broad SMARTS) is 1. The Labute approximate surface area is 105 Å². The molecule has 0 radical (unpaired) electrons. The van der Waals surface area contributed by atoms with E-state index in [1.54, 1.807) is 12.1 Å². The van der Waals surface area contributed by atoms with Gasteiger partial charge >= 0.3 is 5.97 Å². The number of aromatic carboxylic acids is 1. The molecule has 4 heteroatoms. The summed E-state index contributed by atoms with van der Waals surface area (Å²) < 4.78 is 1.93. The predicted molar refractivity (Wildman–Crippen MR) is 67.6 cm³/mol. The fourth-order valence-electron chi connectivity index (χ4n) is 2.17.